The predicted molar refractivity (Wildman–Crippen MR) is 53.7 cm³/mol. The van der Waals surface area contributed by atoms with Gasteiger partial charge in [-0.15, -0.1) is 0 Å². The van der Waals surface area contributed by atoms with E-state index in [-0.39, 0.29) is 0 Å². The van der Waals surface area contributed by atoms with Crippen molar-refractivity contribution in [3.05, 3.63) is 12.4 Å². The number of aryl methyl sites for hydroxylation is 1. The molecule has 5 nitrogen and oxygen atoms in total. The summed E-state index contributed by atoms with van der Waals surface area (Å²) in [5.41, 5.74) is 0. The van der Waals surface area contributed by atoms with E-state index in [2.05, 4.69) is 5.10 Å². The molecule has 0 fully saturated rings. The van der Waals surface area contributed by atoms with Gasteiger partial charge >= 0.3 is 7.60 Å². The second kappa shape index (κ2) is 4.73. The summed E-state index contributed by atoms with van der Waals surface area (Å²) in [5.74, 6) is 0. The van der Waals surface area contributed by atoms with Crippen LogP contribution in [0.15, 0.2) is 12.4 Å². The second-order valence-electron chi connectivity index (χ2n) is 2.71. The molecule has 0 saturated heterocycles. The Kier molecular flexibility index (Phi) is 3.86. The molecule has 1 aromatic heterocycles. The van der Waals surface area contributed by atoms with Crippen molar-refractivity contribution in [1.29, 1.82) is 0 Å². The molecule has 1 aromatic rings. The van der Waals surface area contributed by atoms with Gasteiger partial charge in [-0.3, -0.25) is 9.25 Å². The topological polar surface area (TPSA) is 53.4 Å². The molecule has 0 N–H and O–H groups in total. The molecule has 0 atom stereocenters. The molecule has 0 aliphatic rings. The third kappa shape index (κ3) is 2.44. The zero-order chi connectivity index (χ0) is 10.6. The maximum absolute atomic E-state index is 12.1. The summed E-state index contributed by atoms with van der Waals surface area (Å²) in [4.78, 5) is 0. The number of nitrogens with zero attached hydrogens (tertiary/aromatic N) is 2. The monoisotopic (exact) mass is 218 g/mol. The van der Waals surface area contributed by atoms with Crippen molar-refractivity contribution >= 4 is 12.9 Å². The highest BCUT2D eigenvalue weighted by Crippen LogP contribution is 2.46. The fourth-order valence-electron chi connectivity index (χ4n) is 1.08. The molecular weight excluding hydrogens is 203 g/mol. The molecule has 0 radical (unpaired) electrons. The quantitative estimate of drug-likeness (QED) is 0.699. The lowest BCUT2D eigenvalue weighted by Crippen LogP contribution is -2.08. The lowest BCUT2D eigenvalue weighted by Gasteiger charge is -2.14. The number of rotatable bonds is 5. The van der Waals surface area contributed by atoms with Gasteiger partial charge in [0.25, 0.3) is 0 Å². The zero-order valence-corrected chi connectivity index (χ0v) is 9.53. The maximum atomic E-state index is 12.1. The normalized spacial score (nSPS) is 11.9. The van der Waals surface area contributed by atoms with Crippen LogP contribution in [0.25, 0.3) is 0 Å². The summed E-state index contributed by atoms with van der Waals surface area (Å²) in [6, 6.07) is 0. The van der Waals surface area contributed by atoms with E-state index in [0.29, 0.717) is 18.5 Å². The van der Waals surface area contributed by atoms with Gasteiger partial charge in [0.2, 0.25) is 0 Å². The molecule has 80 valence electrons. The number of hydrogen-bond acceptors (Lipinski definition) is 4. The molecule has 6 heteroatoms. The van der Waals surface area contributed by atoms with Crippen LogP contribution in [-0.2, 0) is 20.7 Å². The first-order valence-electron chi connectivity index (χ1n) is 4.50. The van der Waals surface area contributed by atoms with Gasteiger partial charge in [0, 0.05) is 13.2 Å². The summed E-state index contributed by atoms with van der Waals surface area (Å²) in [6.45, 7) is 4.27. The van der Waals surface area contributed by atoms with E-state index >= 15 is 0 Å². The smallest absolute Gasteiger partial charge is 0.305 e. The predicted octanol–water partition coefficient (Wildman–Crippen LogP) is 1.31. The van der Waals surface area contributed by atoms with Crippen LogP contribution in [0.4, 0.5) is 0 Å². The third-order valence-electron chi connectivity index (χ3n) is 1.61. The largest absolute Gasteiger partial charge is 0.364 e. The first kappa shape index (κ1) is 11.4. The second-order valence-corrected chi connectivity index (χ2v) is 4.73. The van der Waals surface area contributed by atoms with E-state index in [4.69, 9.17) is 9.05 Å². The van der Waals surface area contributed by atoms with Crippen LogP contribution in [0.5, 0.6) is 0 Å². The average molecular weight is 218 g/mol. The standard InChI is InChI=1S/C8H15N2O3P/c1-4-12-14(11,13-5-2)8-6-9-10(3)7-8/h6-7H,4-5H2,1-3H3. The molecule has 0 saturated carbocycles. The minimum absolute atomic E-state index is 0.353. The molecule has 0 bridgehead atoms. The summed E-state index contributed by atoms with van der Waals surface area (Å²) in [6.07, 6.45) is 3.15. The van der Waals surface area contributed by atoms with Gasteiger partial charge in [0.1, 0.15) is 5.30 Å². The van der Waals surface area contributed by atoms with Crippen molar-refractivity contribution in [2.45, 2.75) is 13.8 Å². The minimum Gasteiger partial charge on any atom is -0.305 e. The van der Waals surface area contributed by atoms with Gasteiger partial charge in [-0.05, 0) is 13.8 Å². The first-order chi connectivity index (χ1) is 6.62. The van der Waals surface area contributed by atoms with E-state index in [1.807, 2.05) is 0 Å². The van der Waals surface area contributed by atoms with E-state index in [9.17, 15) is 4.57 Å². The van der Waals surface area contributed by atoms with Crippen molar-refractivity contribution in [3.63, 3.8) is 0 Å². The summed E-state index contributed by atoms with van der Waals surface area (Å²) in [5, 5.41) is 4.44. The number of hydrogen-bond donors (Lipinski definition) is 0. The highest BCUT2D eigenvalue weighted by atomic mass is 31.2. The van der Waals surface area contributed by atoms with Gasteiger partial charge < -0.3 is 9.05 Å². The van der Waals surface area contributed by atoms with Crippen LogP contribution in [0.3, 0.4) is 0 Å². The number of aromatic nitrogens is 2. The molecule has 0 spiro atoms. The van der Waals surface area contributed by atoms with E-state index in [1.54, 1.807) is 31.8 Å². The van der Waals surface area contributed by atoms with Crippen molar-refractivity contribution in [3.8, 4) is 0 Å². The van der Waals surface area contributed by atoms with Crippen molar-refractivity contribution < 1.29 is 13.6 Å². The summed E-state index contributed by atoms with van der Waals surface area (Å²) >= 11 is 0. The van der Waals surface area contributed by atoms with Crippen LogP contribution < -0.4 is 5.30 Å². The molecule has 14 heavy (non-hydrogen) atoms. The molecule has 0 aliphatic heterocycles. The van der Waals surface area contributed by atoms with Crippen molar-refractivity contribution in [2.75, 3.05) is 13.2 Å². The van der Waals surface area contributed by atoms with Crippen molar-refractivity contribution in [1.82, 2.24) is 9.78 Å². The maximum Gasteiger partial charge on any atom is 0.364 e. The van der Waals surface area contributed by atoms with E-state index < -0.39 is 7.60 Å². The molecule has 0 amide bonds. The summed E-state index contributed by atoms with van der Waals surface area (Å²) in [7, 11) is -1.38. The van der Waals surface area contributed by atoms with Crippen molar-refractivity contribution in [2.24, 2.45) is 7.05 Å². The fraction of sp³-hybridized carbons (Fsp3) is 0.625. The van der Waals surface area contributed by atoms with Crippen LogP contribution in [-0.4, -0.2) is 23.0 Å². The Hall–Kier alpha value is -0.640. The van der Waals surface area contributed by atoms with Crippen LogP contribution in [0.1, 0.15) is 13.8 Å². The lowest BCUT2D eigenvalue weighted by molar-refractivity contribution is 0.230. The Bertz CT molecular complexity index is 327. The van der Waals surface area contributed by atoms with Crippen LogP contribution in [0.2, 0.25) is 0 Å². The van der Waals surface area contributed by atoms with E-state index in [1.165, 1.54) is 6.20 Å². The van der Waals surface area contributed by atoms with Crippen LogP contribution in [0, 0.1) is 0 Å². The zero-order valence-electron chi connectivity index (χ0n) is 8.64. The van der Waals surface area contributed by atoms with Gasteiger partial charge in [-0.1, -0.05) is 0 Å². The van der Waals surface area contributed by atoms with Gasteiger partial charge in [0.05, 0.1) is 19.4 Å². The fourth-order valence-corrected chi connectivity index (χ4v) is 2.63. The Labute approximate surface area is 83.6 Å². The van der Waals surface area contributed by atoms with Gasteiger partial charge in [-0.2, -0.15) is 5.10 Å². The SMILES string of the molecule is CCOP(=O)(OCC)c1cnn(C)c1. The third-order valence-corrected chi connectivity index (χ3v) is 3.67. The Morgan fingerprint density at radius 3 is 2.36 bits per heavy atom. The highest BCUT2D eigenvalue weighted by molar-refractivity contribution is 7.62. The Morgan fingerprint density at radius 1 is 1.43 bits per heavy atom. The Balaban J connectivity index is 2.93. The van der Waals surface area contributed by atoms with Gasteiger partial charge in [0.15, 0.2) is 0 Å². The molecular formula is C8H15N2O3P. The molecule has 1 heterocycles. The molecule has 0 unspecified atom stereocenters. The van der Waals surface area contributed by atoms with Gasteiger partial charge in [-0.25, -0.2) is 0 Å². The Morgan fingerprint density at radius 2 is 2.00 bits per heavy atom. The first-order valence-corrected chi connectivity index (χ1v) is 6.05. The van der Waals surface area contributed by atoms with Crippen LogP contribution >= 0.6 is 7.60 Å². The summed E-state index contributed by atoms with van der Waals surface area (Å²) < 4.78 is 24.0. The highest BCUT2D eigenvalue weighted by Gasteiger charge is 2.27. The average Bonchev–Trinajstić information content (AvgIpc) is 2.53. The molecule has 1 rings (SSSR count). The molecule has 0 aromatic carbocycles. The van der Waals surface area contributed by atoms with E-state index in [0.717, 1.165) is 0 Å². The lowest BCUT2D eigenvalue weighted by atomic mass is 10.7. The molecule has 0 aliphatic carbocycles. The minimum atomic E-state index is -3.13.